The third-order valence-corrected chi connectivity index (χ3v) is 5.54. The van der Waals surface area contributed by atoms with Crippen LogP contribution in [0.3, 0.4) is 0 Å². The Balaban J connectivity index is 1.82. The van der Waals surface area contributed by atoms with E-state index in [4.69, 9.17) is 9.47 Å². The average molecular weight is 432 g/mol. The van der Waals surface area contributed by atoms with E-state index in [1.807, 2.05) is 20.8 Å². The highest BCUT2D eigenvalue weighted by atomic mass is 32.2. The number of ether oxygens (including phenoxy) is 2. The molecule has 0 saturated carbocycles. The molecule has 0 aliphatic heterocycles. The first-order valence-corrected chi connectivity index (χ1v) is 10.5. The number of hydrogen-bond donors (Lipinski definition) is 1. The van der Waals surface area contributed by atoms with Crippen molar-refractivity contribution in [1.82, 2.24) is 19.3 Å². The van der Waals surface area contributed by atoms with E-state index in [9.17, 15) is 9.59 Å². The van der Waals surface area contributed by atoms with E-state index in [2.05, 4.69) is 15.4 Å². The third kappa shape index (κ3) is 4.28. The molecule has 0 radical (unpaired) electrons. The molecule has 10 heteroatoms. The number of carbonyl (C=O) groups is 1. The van der Waals surface area contributed by atoms with Gasteiger partial charge in [-0.05, 0) is 20.8 Å². The van der Waals surface area contributed by atoms with Gasteiger partial charge < -0.3 is 14.8 Å². The van der Waals surface area contributed by atoms with E-state index in [-0.39, 0.29) is 17.2 Å². The number of rotatable bonds is 8. The fourth-order valence-corrected chi connectivity index (χ4v) is 3.97. The number of nitrogens with one attached hydrogen (secondary N) is 1. The molecule has 0 fully saturated rings. The smallest absolute Gasteiger partial charge is 0.280 e. The van der Waals surface area contributed by atoms with E-state index < -0.39 is 0 Å². The van der Waals surface area contributed by atoms with Gasteiger partial charge in [-0.1, -0.05) is 11.8 Å². The van der Waals surface area contributed by atoms with Crippen LogP contribution in [0.15, 0.2) is 28.2 Å². The highest BCUT2D eigenvalue weighted by Gasteiger charge is 2.18. The van der Waals surface area contributed by atoms with Crippen LogP contribution in [0.25, 0.3) is 11.0 Å². The summed E-state index contributed by atoms with van der Waals surface area (Å²) in [5.41, 5.74) is 2.18. The zero-order valence-corrected chi connectivity index (χ0v) is 18.5. The second-order valence-electron chi connectivity index (χ2n) is 6.48. The van der Waals surface area contributed by atoms with E-state index in [1.165, 1.54) is 11.8 Å². The number of methoxy groups -OCH3 is 2. The summed E-state index contributed by atoms with van der Waals surface area (Å²) >= 11 is 1.21. The molecule has 30 heavy (non-hydrogen) atoms. The van der Waals surface area contributed by atoms with Gasteiger partial charge in [-0.25, -0.2) is 4.98 Å². The maximum Gasteiger partial charge on any atom is 0.280 e. The van der Waals surface area contributed by atoms with Crippen molar-refractivity contribution in [2.24, 2.45) is 0 Å². The maximum absolute atomic E-state index is 13.0. The molecule has 9 nitrogen and oxygen atoms in total. The van der Waals surface area contributed by atoms with Gasteiger partial charge in [-0.15, -0.1) is 0 Å². The Kier molecular flexibility index (Phi) is 6.66. The van der Waals surface area contributed by atoms with Crippen LogP contribution in [0.1, 0.15) is 19.5 Å². The Hall–Kier alpha value is -3.01. The molecule has 0 aliphatic carbocycles. The minimum Gasteiger partial charge on any atom is -0.497 e. The zero-order valence-electron chi connectivity index (χ0n) is 17.7. The van der Waals surface area contributed by atoms with Crippen LogP contribution in [0, 0.1) is 6.92 Å². The fraction of sp³-hybridized carbons (Fsp3) is 0.400. The molecule has 3 aromatic rings. The minimum absolute atomic E-state index is 0.0957. The van der Waals surface area contributed by atoms with Crippen LogP contribution in [0.5, 0.6) is 11.5 Å². The van der Waals surface area contributed by atoms with Crippen molar-refractivity contribution in [1.29, 1.82) is 0 Å². The number of hydrogen-bond acceptors (Lipinski definition) is 7. The van der Waals surface area contributed by atoms with Crippen molar-refractivity contribution in [2.45, 2.75) is 39.0 Å². The minimum atomic E-state index is -0.228. The molecule has 0 aliphatic rings. The van der Waals surface area contributed by atoms with E-state index in [0.717, 1.165) is 0 Å². The van der Waals surface area contributed by atoms with Crippen LogP contribution in [-0.2, 0) is 17.9 Å². The van der Waals surface area contributed by atoms with Crippen LogP contribution in [0.2, 0.25) is 0 Å². The van der Waals surface area contributed by atoms with E-state index in [0.29, 0.717) is 52.2 Å². The second-order valence-corrected chi connectivity index (χ2v) is 7.42. The first kappa shape index (κ1) is 21.7. The third-order valence-electron chi connectivity index (χ3n) is 4.57. The van der Waals surface area contributed by atoms with Crippen molar-refractivity contribution in [3.8, 4) is 11.5 Å². The predicted molar refractivity (Wildman–Crippen MR) is 117 cm³/mol. The summed E-state index contributed by atoms with van der Waals surface area (Å²) < 4.78 is 13.7. The predicted octanol–water partition coefficient (Wildman–Crippen LogP) is 2.69. The number of anilines is 1. The van der Waals surface area contributed by atoms with E-state index >= 15 is 0 Å². The molecular formula is C20H25N5O4S. The summed E-state index contributed by atoms with van der Waals surface area (Å²) in [4.78, 5) is 30.1. The number of carbonyl (C=O) groups excluding carboxylic acids is 1. The highest BCUT2D eigenvalue weighted by molar-refractivity contribution is 7.99. The summed E-state index contributed by atoms with van der Waals surface area (Å²) in [6.45, 7) is 6.68. The van der Waals surface area contributed by atoms with Gasteiger partial charge in [-0.2, -0.15) is 5.10 Å². The zero-order chi connectivity index (χ0) is 21.8. The molecule has 1 N–H and O–H groups in total. The van der Waals surface area contributed by atoms with Gasteiger partial charge in [0, 0.05) is 37.0 Å². The maximum atomic E-state index is 13.0. The van der Waals surface area contributed by atoms with Crippen LogP contribution < -0.4 is 20.3 Å². The van der Waals surface area contributed by atoms with E-state index in [1.54, 1.807) is 41.7 Å². The van der Waals surface area contributed by atoms with Gasteiger partial charge in [0.1, 0.15) is 17.0 Å². The van der Waals surface area contributed by atoms with Crippen LogP contribution >= 0.6 is 11.8 Å². The molecule has 3 rings (SSSR count). The Morgan fingerprint density at radius 1 is 1.13 bits per heavy atom. The summed E-state index contributed by atoms with van der Waals surface area (Å²) in [6.07, 6.45) is 0. The molecule has 0 bridgehead atoms. The molecule has 0 spiro atoms. The molecule has 1 aromatic carbocycles. The lowest BCUT2D eigenvalue weighted by Crippen LogP contribution is -2.25. The summed E-state index contributed by atoms with van der Waals surface area (Å²) in [5.74, 6) is 1.02. The molecule has 0 saturated heterocycles. The van der Waals surface area contributed by atoms with Crippen molar-refractivity contribution < 1.29 is 14.3 Å². The highest BCUT2D eigenvalue weighted by Crippen LogP contribution is 2.26. The van der Waals surface area contributed by atoms with Crippen LogP contribution in [0.4, 0.5) is 5.69 Å². The normalized spacial score (nSPS) is 11.0. The summed E-state index contributed by atoms with van der Waals surface area (Å²) in [6, 6.07) is 5.14. The van der Waals surface area contributed by atoms with Gasteiger partial charge in [0.2, 0.25) is 5.91 Å². The SMILES string of the molecule is CCn1c(SCC(=O)Nc2cc(OC)cc(OC)c2)nc2c(C)nn(CC)c2c1=O. The van der Waals surface area contributed by atoms with Crippen LogP contribution in [-0.4, -0.2) is 45.2 Å². The van der Waals surface area contributed by atoms with Gasteiger partial charge in [-0.3, -0.25) is 18.8 Å². The lowest BCUT2D eigenvalue weighted by molar-refractivity contribution is -0.113. The molecular weight excluding hydrogens is 406 g/mol. The number of benzene rings is 1. The fourth-order valence-electron chi connectivity index (χ4n) is 3.11. The topological polar surface area (TPSA) is 100 Å². The number of fused-ring (bicyclic) bond motifs is 1. The summed E-state index contributed by atoms with van der Waals surface area (Å²) in [5, 5.41) is 7.71. The number of aryl methyl sites for hydroxylation is 2. The van der Waals surface area contributed by atoms with Crippen molar-refractivity contribution in [2.75, 3.05) is 25.3 Å². The standard InChI is InChI=1S/C20H25N5O4S/c1-6-24-19(27)18-17(12(3)23-25(18)7-2)22-20(24)30-11-16(26)21-13-8-14(28-4)10-15(9-13)29-5/h8-10H,6-7,11H2,1-5H3,(H,21,26). The number of nitrogens with zero attached hydrogens (tertiary/aromatic N) is 4. The quantitative estimate of drug-likeness (QED) is 0.432. The van der Waals surface area contributed by atoms with Crippen molar-refractivity contribution in [3.63, 3.8) is 0 Å². The first-order valence-electron chi connectivity index (χ1n) is 9.55. The van der Waals surface area contributed by atoms with Gasteiger partial charge in [0.25, 0.3) is 5.56 Å². The molecule has 160 valence electrons. The molecule has 2 heterocycles. The Morgan fingerprint density at radius 2 is 1.80 bits per heavy atom. The van der Waals surface area contributed by atoms with Gasteiger partial charge >= 0.3 is 0 Å². The lowest BCUT2D eigenvalue weighted by atomic mass is 10.2. The number of thioether (sulfide) groups is 1. The van der Waals surface area contributed by atoms with Crippen molar-refractivity contribution >= 4 is 34.4 Å². The summed E-state index contributed by atoms with van der Waals surface area (Å²) in [7, 11) is 3.09. The van der Waals surface area contributed by atoms with Gasteiger partial charge in [0.05, 0.1) is 25.7 Å². The van der Waals surface area contributed by atoms with Crippen molar-refractivity contribution in [3.05, 3.63) is 34.2 Å². The Labute approximate surface area is 178 Å². The molecule has 1 amide bonds. The molecule has 0 atom stereocenters. The Morgan fingerprint density at radius 3 is 2.37 bits per heavy atom. The monoisotopic (exact) mass is 431 g/mol. The largest absolute Gasteiger partial charge is 0.497 e. The molecule has 2 aromatic heterocycles. The van der Waals surface area contributed by atoms with Gasteiger partial charge in [0.15, 0.2) is 10.7 Å². The number of aromatic nitrogens is 4. The number of amides is 1. The molecule has 0 unspecified atom stereocenters. The average Bonchev–Trinajstić information content (AvgIpc) is 3.07. The Bertz CT molecular complexity index is 1120. The lowest BCUT2D eigenvalue weighted by Gasteiger charge is -2.12. The first-order chi connectivity index (χ1) is 14.4. The second kappa shape index (κ2) is 9.21.